The first kappa shape index (κ1) is 12.9. The van der Waals surface area contributed by atoms with Crippen molar-refractivity contribution in [3.05, 3.63) is 21.2 Å². The van der Waals surface area contributed by atoms with Crippen molar-refractivity contribution in [2.24, 2.45) is 5.92 Å². The number of aromatic nitrogens is 1. The van der Waals surface area contributed by atoms with Crippen LogP contribution in [0.15, 0.2) is 21.2 Å². The molecule has 18 heavy (non-hydrogen) atoms. The first-order valence-electron chi connectivity index (χ1n) is 6.83. The topological polar surface area (TPSA) is 16.1 Å². The number of piperidine rings is 1. The van der Waals surface area contributed by atoms with Gasteiger partial charge in [-0.3, -0.25) is 0 Å². The molecule has 1 aromatic heterocycles. The molecule has 2 heterocycles. The molecule has 1 saturated carbocycles. The number of fused-ring (bicyclic) bond motifs is 1. The Morgan fingerprint density at radius 2 is 1.89 bits per heavy atom. The molecular weight excluding hydrogens is 356 g/mol. The molecular formula is C14H18Br2N2. The summed E-state index contributed by atoms with van der Waals surface area (Å²) >= 11 is 7.14. The summed E-state index contributed by atoms with van der Waals surface area (Å²) < 4.78 is 2.15. The highest BCUT2D eigenvalue weighted by atomic mass is 79.9. The number of hydrogen-bond donors (Lipinski definition) is 0. The number of anilines is 1. The average molecular weight is 374 g/mol. The summed E-state index contributed by atoms with van der Waals surface area (Å²) in [5.41, 5.74) is 0. The Morgan fingerprint density at radius 1 is 1.11 bits per heavy atom. The number of hydrogen-bond acceptors (Lipinski definition) is 2. The lowest BCUT2D eigenvalue weighted by Gasteiger charge is -2.45. The summed E-state index contributed by atoms with van der Waals surface area (Å²) in [6, 6.07) is 2.83. The minimum Gasteiger partial charge on any atom is -0.352 e. The van der Waals surface area contributed by atoms with Gasteiger partial charge >= 0.3 is 0 Å². The van der Waals surface area contributed by atoms with Gasteiger partial charge in [0.15, 0.2) is 0 Å². The van der Waals surface area contributed by atoms with Crippen molar-refractivity contribution in [1.82, 2.24) is 4.98 Å². The normalized spacial score (nSPS) is 28.0. The second-order valence-electron chi connectivity index (χ2n) is 5.41. The van der Waals surface area contributed by atoms with Crippen molar-refractivity contribution in [3.8, 4) is 0 Å². The Kier molecular flexibility index (Phi) is 3.94. The maximum absolute atomic E-state index is 4.62. The Morgan fingerprint density at radius 3 is 2.72 bits per heavy atom. The van der Waals surface area contributed by atoms with Crippen molar-refractivity contribution < 1.29 is 0 Å². The fourth-order valence-electron chi connectivity index (χ4n) is 3.51. The molecule has 2 fully saturated rings. The van der Waals surface area contributed by atoms with Crippen LogP contribution >= 0.6 is 31.9 Å². The molecule has 0 spiro atoms. The Balaban J connectivity index is 1.89. The van der Waals surface area contributed by atoms with E-state index < -0.39 is 0 Å². The second-order valence-corrected chi connectivity index (χ2v) is 7.18. The van der Waals surface area contributed by atoms with Gasteiger partial charge in [-0.2, -0.15) is 0 Å². The van der Waals surface area contributed by atoms with Crippen molar-refractivity contribution in [2.75, 3.05) is 11.4 Å². The van der Waals surface area contributed by atoms with Crippen LogP contribution < -0.4 is 4.90 Å². The molecule has 0 amide bonds. The molecule has 2 atom stereocenters. The second kappa shape index (κ2) is 5.49. The lowest BCUT2D eigenvalue weighted by atomic mass is 9.78. The number of rotatable bonds is 1. The molecule has 2 nitrogen and oxygen atoms in total. The van der Waals surface area contributed by atoms with Crippen molar-refractivity contribution in [3.63, 3.8) is 0 Å². The van der Waals surface area contributed by atoms with Crippen molar-refractivity contribution in [1.29, 1.82) is 0 Å². The molecule has 1 aliphatic heterocycles. The van der Waals surface area contributed by atoms with Crippen LogP contribution in [0, 0.1) is 5.92 Å². The van der Waals surface area contributed by atoms with Gasteiger partial charge in [0.25, 0.3) is 0 Å². The lowest BCUT2D eigenvalue weighted by Crippen LogP contribution is -2.47. The minimum atomic E-state index is 0.720. The molecule has 0 radical (unpaired) electrons. The monoisotopic (exact) mass is 372 g/mol. The van der Waals surface area contributed by atoms with E-state index in [-0.39, 0.29) is 0 Å². The van der Waals surface area contributed by atoms with Crippen LogP contribution in [0.2, 0.25) is 0 Å². The Labute approximate surface area is 125 Å². The van der Waals surface area contributed by atoms with Crippen LogP contribution in [-0.2, 0) is 0 Å². The Hall–Kier alpha value is -0.0900. The zero-order valence-electron chi connectivity index (χ0n) is 10.4. The maximum atomic E-state index is 4.62. The fourth-order valence-corrected chi connectivity index (χ4v) is 4.72. The number of nitrogens with zero attached hydrogens (tertiary/aromatic N) is 2. The molecule has 0 bridgehead atoms. The molecule has 0 N–H and O–H groups in total. The van der Waals surface area contributed by atoms with Crippen LogP contribution in [0.5, 0.6) is 0 Å². The van der Waals surface area contributed by atoms with Gasteiger partial charge in [-0.25, -0.2) is 4.98 Å². The molecule has 98 valence electrons. The van der Waals surface area contributed by atoms with Gasteiger partial charge in [0.05, 0.1) is 4.47 Å². The van der Waals surface area contributed by atoms with E-state index in [1.807, 2.05) is 6.20 Å². The summed E-state index contributed by atoms with van der Waals surface area (Å²) in [7, 11) is 0. The van der Waals surface area contributed by atoms with E-state index in [2.05, 4.69) is 47.8 Å². The third-order valence-electron chi connectivity index (χ3n) is 4.30. The number of pyridine rings is 1. The smallest absolute Gasteiger partial charge is 0.143 e. The standard InChI is InChI=1S/C14H18Br2N2/c15-11-8-12(16)14(17-9-11)18-7-3-5-10-4-1-2-6-13(10)18/h8-10,13H,1-7H2. The van der Waals surface area contributed by atoms with Gasteiger partial charge in [0.1, 0.15) is 5.82 Å². The highest BCUT2D eigenvalue weighted by molar-refractivity contribution is 9.11. The van der Waals surface area contributed by atoms with Gasteiger partial charge in [0, 0.05) is 23.3 Å². The zero-order valence-corrected chi connectivity index (χ0v) is 13.6. The van der Waals surface area contributed by atoms with Crippen LogP contribution in [0.3, 0.4) is 0 Å². The third kappa shape index (κ3) is 2.46. The Bertz CT molecular complexity index is 434. The van der Waals surface area contributed by atoms with Crippen LogP contribution in [-0.4, -0.2) is 17.6 Å². The van der Waals surface area contributed by atoms with Gasteiger partial charge in [-0.15, -0.1) is 0 Å². The van der Waals surface area contributed by atoms with E-state index in [1.54, 1.807) is 0 Å². The van der Waals surface area contributed by atoms with Gasteiger partial charge in [0.2, 0.25) is 0 Å². The summed E-state index contributed by atoms with van der Waals surface area (Å²) in [6.45, 7) is 1.16. The first-order valence-corrected chi connectivity index (χ1v) is 8.42. The fraction of sp³-hybridized carbons (Fsp3) is 0.643. The van der Waals surface area contributed by atoms with E-state index in [4.69, 9.17) is 0 Å². The van der Waals surface area contributed by atoms with Gasteiger partial charge in [-0.05, 0) is 69.5 Å². The van der Waals surface area contributed by atoms with Crippen molar-refractivity contribution in [2.45, 2.75) is 44.6 Å². The van der Waals surface area contributed by atoms with Crippen LogP contribution in [0.25, 0.3) is 0 Å². The summed E-state index contributed by atoms with van der Waals surface area (Å²) in [6.07, 6.45) is 10.2. The lowest BCUT2D eigenvalue weighted by molar-refractivity contribution is 0.242. The predicted molar refractivity (Wildman–Crippen MR) is 82.0 cm³/mol. The molecule has 1 aliphatic carbocycles. The van der Waals surface area contributed by atoms with Gasteiger partial charge in [-0.1, -0.05) is 12.8 Å². The van der Waals surface area contributed by atoms with E-state index in [9.17, 15) is 0 Å². The van der Waals surface area contributed by atoms with Crippen LogP contribution in [0.4, 0.5) is 5.82 Å². The molecule has 4 heteroatoms. The summed E-state index contributed by atoms with van der Waals surface area (Å²) in [4.78, 5) is 7.17. The molecule has 3 rings (SSSR count). The summed E-state index contributed by atoms with van der Waals surface area (Å²) in [5, 5.41) is 0. The zero-order chi connectivity index (χ0) is 12.5. The van der Waals surface area contributed by atoms with E-state index in [0.29, 0.717) is 0 Å². The molecule has 1 aromatic rings. The quantitative estimate of drug-likeness (QED) is 0.705. The van der Waals surface area contributed by atoms with E-state index in [0.717, 1.165) is 33.3 Å². The predicted octanol–water partition coefficient (Wildman–Crippen LogP) is 4.77. The third-order valence-corrected chi connectivity index (χ3v) is 5.32. The largest absolute Gasteiger partial charge is 0.352 e. The average Bonchev–Trinajstić information content (AvgIpc) is 2.38. The molecule has 1 saturated heterocycles. The van der Waals surface area contributed by atoms with E-state index in [1.165, 1.54) is 38.5 Å². The van der Waals surface area contributed by atoms with Crippen molar-refractivity contribution >= 4 is 37.7 Å². The highest BCUT2D eigenvalue weighted by Crippen LogP contribution is 2.39. The molecule has 2 unspecified atom stereocenters. The number of halogens is 2. The van der Waals surface area contributed by atoms with Crippen LogP contribution in [0.1, 0.15) is 38.5 Å². The maximum Gasteiger partial charge on any atom is 0.143 e. The highest BCUT2D eigenvalue weighted by Gasteiger charge is 2.34. The summed E-state index contributed by atoms with van der Waals surface area (Å²) in [5.74, 6) is 2.03. The molecule has 2 aliphatic rings. The first-order chi connectivity index (χ1) is 8.75. The molecule has 0 aromatic carbocycles. The van der Waals surface area contributed by atoms with E-state index >= 15 is 0 Å². The minimum absolute atomic E-state index is 0.720. The SMILES string of the molecule is Brc1cnc(N2CCCC3CCCCC32)c(Br)c1. The van der Waals surface area contributed by atoms with Gasteiger partial charge < -0.3 is 4.90 Å².